The monoisotopic (exact) mass is 240 g/mol. The van der Waals surface area contributed by atoms with E-state index in [2.05, 4.69) is 20.0 Å². The highest BCUT2D eigenvalue weighted by Crippen LogP contribution is 2.18. The summed E-state index contributed by atoms with van der Waals surface area (Å²) in [5.74, 6) is 0.970. The van der Waals surface area contributed by atoms with Gasteiger partial charge < -0.3 is 10.6 Å². The van der Waals surface area contributed by atoms with Gasteiger partial charge in [0.15, 0.2) is 11.5 Å². The Hall–Kier alpha value is -1.40. The molecular formula is C9H13ClN6. The smallest absolute Gasteiger partial charge is 0.175 e. The molecule has 0 bridgehead atoms. The summed E-state index contributed by atoms with van der Waals surface area (Å²) >= 11 is 0. The maximum absolute atomic E-state index is 5.87. The summed E-state index contributed by atoms with van der Waals surface area (Å²) in [6, 6.07) is 0.253. The maximum atomic E-state index is 5.87. The van der Waals surface area contributed by atoms with Gasteiger partial charge in [0, 0.05) is 19.1 Å². The first kappa shape index (κ1) is 11.1. The van der Waals surface area contributed by atoms with Gasteiger partial charge in [-0.25, -0.2) is 4.98 Å². The zero-order chi connectivity index (χ0) is 10.3. The molecule has 86 valence electrons. The Morgan fingerprint density at radius 3 is 3.00 bits per heavy atom. The van der Waals surface area contributed by atoms with Crippen molar-refractivity contribution in [2.75, 3.05) is 18.0 Å². The van der Waals surface area contributed by atoms with E-state index in [0.29, 0.717) is 0 Å². The number of nitrogens with two attached hydrogens (primary N) is 1. The zero-order valence-corrected chi connectivity index (χ0v) is 9.47. The standard InChI is InChI=1S/C9H12N6.ClH/c10-7-1-2-14(5-7)9-4-11-3-8-12-6-13-15(8)9;/h3-4,6-7H,1-2,5,10H2;1H. The Bertz CT molecular complexity index is 484. The van der Waals surface area contributed by atoms with E-state index in [4.69, 9.17) is 5.73 Å². The number of halogens is 1. The second-order valence-electron chi connectivity index (χ2n) is 3.79. The summed E-state index contributed by atoms with van der Waals surface area (Å²) < 4.78 is 1.80. The summed E-state index contributed by atoms with van der Waals surface area (Å²) in [5.41, 5.74) is 6.65. The van der Waals surface area contributed by atoms with E-state index >= 15 is 0 Å². The molecule has 0 saturated carbocycles. The Balaban J connectivity index is 0.000000963. The molecule has 16 heavy (non-hydrogen) atoms. The summed E-state index contributed by atoms with van der Waals surface area (Å²) in [5, 5.41) is 4.17. The highest BCUT2D eigenvalue weighted by molar-refractivity contribution is 5.85. The highest BCUT2D eigenvalue weighted by atomic mass is 35.5. The molecule has 6 nitrogen and oxygen atoms in total. The van der Waals surface area contributed by atoms with Crippen molar-refractivity contribution in [1.29, 1.82) is 0 Å². The van der Waals surface area contributed by atoms with Crippen molar-refractivity contribution in [1.82, 2.24) is 19.6 Å². The lowest BCUT2D eigenvalue weighted by Crippen LogP contribution is -2.27. The lowest BCUT2D eigenvalue weighted by Gasteiger charge is -2.17. The molecule has 2 aromatic rings. The molecule has 3 rings (SSSR count). The van der Waals surface area contributed by atoms with E-state index < -0.39 is 0 Å². The van der Waals surface area contributed by atoms with Crippen molar-refractivity contribution in [2.24, 2.45) is 5.73 Å². The van der Waals surface area contributed by atoms with Gasteiger partial charge in [-0.05, 0) is 6.42 Å². The number of anilines is 1. The van der Waals surface area contributed by atoms with E-state index in [0.717, 1.165) is 31.0 Å². The fourth-order valence-corrected chi connectivity index (χ4v) is 1.95. The lowest BCUT2D eigenvalue weighted by molar-refractivity contribution is 0.749. The Kier molecular flexibility index (Phi) is 2.93. The van der Waals surface area contributed by atoms with Crippen LogP contribution in [-0.4, -0.2) is 38.7 Å². The van der Waals surface area contributed by atoms with Gasteiger partial charge in [-0.2, -0.15) is 9.61 Å². The van der Waals surface area contributed by atoms with E-state index in [9.17, 15) is 0 Å². The highest BCUT2D eigenvalue weighted by Gasteiger charge is 2.21. The van der Waals surface area contributed by atoms with Crippen LogP contribution in [0.4, 0.5) is 5.82 Å². The third-order valence-corrected chi connectivity index (χ3v) is 2.72. The number of rotatable bonds is 1. The van der Waals surface area contributed by atoms with E-state index in [1.54, 1.807) is 16.9 Å². The second kappa shape index (κ2) is 4.23. The average molecular weight is 241 g/mol. The molecule has 7 heteroatoms. The maximum Gasteiger partial charge on any atom is 0.175 e. The van der Waals surface area contributed by atoms with Crippen molar-refractivity contribution >= 4 is 23.9 Å². The summed E-state index contributed by atoms with van der Waals surface area (Å²) in [7, 11) is 0. The van der Waals surface area contributed by atoms with Gasteiger partial charge in [0.25, 0.3) is 0 Å². The van der Waals surface area contributed by atoms with Crippen LogP contribution in [0.2, 0.25) is 0 Å². The molecule has 1 aliphatic rings. The quantitative estimate of drug-likeness (QED) is 0.765. The van der Waals surface area contributed by atoms with Crippen molar-refractivity contribution < 1.29 is 0 Å². The minimum Gasteiger partial charge on any atom is -0.354 e. The van der Waals surface area contributed by atoms with E-state index in [1.807, 2.05) is 0 Å². The van der Waals surface area contributed by atoms with Crippen LogP contribution in [0.25, 0.3) is 5.65 Å². The molecule has 0 amide bonds. The molecule has 0 spiro atoms. The van der Waals surface area contributed by atoms with Crippen LogP contribution >= 0.6 is 12.4 Å². The average Bonchev–Trinajstić information content (AvgIpc) is 2.84. The van der Waals surface area contributed by atoms with Gasteiger partial charge in [0.1, 0.15) is 6.33 Å². The molecule has 1 unspecified atom stereocenters. The van der Waals surface area contributed by atoms with Crippen LogP contribution in [0.5, 0.6) is 0 Å². The molecule has 0 aliphatic carbocycles. The Labute approximate surface area is 98.9 Å². The largest absolute Gasteiger partial charge is 0.354 e. The van der Waals surface area contributed by atoms with Crippen LogP contribution < -0.4 is 10.6 Å². The second-order valence-corrected chi connectivity index (χ2v) is 3.79. The zero-order valence-electron chi connectivity index (χ0n) is 8.65. The topological polar surface area (TPSA) is 72.3 Å². The van der Waals surface area contributed by atoms with E-state index in [-0.39, 0.29) is 18.4 Å². The summed E-state index contributed by atoms with van der Waals surface area (Å²) in [6.07, 6.45) is 6.06. The normalized spacial score (nSPS) is 20.1. The van der Waals surface area contributed by atoms with E-state index in [1.165, 1.54) is 6.33 Å². The van der Waals surface area contributed by atoms with Crippen molar-refractivity contribution in [3.8, 4) is 0 Å². The van der Waals surface area contributed by atoms with Crippen molar-refractivity contribution in [2.45, 2.75) is 12.5 Å². The molecule has 1 fully saturated rings. The number of hydrogen-bond acceptors (Lipinski definition) is 5. The molecule has 1 saturated heterocycles. The molecule has 2 aromatic heterocycles. The number of fused-ring (bicyclic) bond motifs is 1. The predicted octanol–water partition coefficient (Wildman–Crippen LogP) is 0.0835. The Morgan fingerprint density at radius 1 is 1.38 bits per heavy atom. The minimum absolute atomic E-state index is 0. The molecular weight excluding hydrogens is 228 g/mol. The van der Waals surface area contributed by atoms with Crippen molar-refractivity contribution in [3.05, 3.63) is 18.7 Å². The third-order valence-electron chi connectivity index (χ3n) is 2.72. The fourth-order valence-electron chi connectivity index (χ4n) is 1.95. The summed E-state index contributed by atoms with van der Waals surface area (Å²) in [4.78, 5) is 10.4. The van der Waals surface area contributed by atoms with Gasteiger partial charge in [-0.15, -0.1) is 12.4 Å². The fraction of sp³-hybridized carbons (Fsp3) is 0.444. The van der Waals surface area contributed by atoms with Crippen LogP contribution in [0, 0.1) is 0 Å². The molecule has 3 heterocycles. The molecule has 1 aliphatic heterocycles. The van der Waals surface area contributed by atoms with Gasteiger partial charge in [0.2, 0.25) is 0 Å². The number of nitrogens with zero attached hydrogens (tertiary/aromatic N) is 5. The SMILES string of the molecule is Cl.NC1CCN(c2cncc3ncnn23)C1. The van der Waals surface area contributed by atoms with Gasteiger partial charge >= 0.3 is 0 Å². The molecule has 0 aromatic carbocycles. The van der Waals surface area contributed by atoms with Gasteiger partial charge in [-0.1, -0.05) is 0 Å². The number of aromatic nitrogens is 4. The molecule has 1 atom stereocenters. The van der Waals surface area contributed by atoms with Gasteiger partial charge in [-0.3, -0.25) is 4.98 Å². The van der Waals surface area contributed by atoms with Crippen LogP contribution in [-0.2, 0) is 0 Å². The van der Waals surface area contributed by atoms with Gasteiger partial charge in [0.05, 0.1) is 12.4 Å². The third kappa shape index (κ3) is 1.70. The first-order chi connectivity index (χ1) is 7.34. The summed E-state index contributed by atoms with van der Waals surface area (Å²) in [6.45, 7) is 1.82. The first-order valence-corrected chi connectivity index (χ1v) is 4.99. The minimum atomic E-state index is 0. The Morgan fingerprint density at radius 2 is 2.25 bits per heavy atom. The number of hydrogen-bond donors (Lipinski definition) is 1. The van der Waals surface area contributed by atoms with Crippen LogP contribution in [0.3, 0.4) is 0 Å². The molecule has 2 N–H and O–H groups in total. The first-order valence-electron chi connectivity index (χ1n) is 4.99. The van der Waals surface area contributed by atoms with Crippen LogP contribution in [0.1, 0.15) is 6.42 Å². The molecule has 0 radical (unpaired) electrons. The lowest BCUT2D eigenvalue weighted by atomic mass is 10.3. The van der Waals surface area contributed by atoms with Crippen LogP contribution in [0.15, 0.2) is 18.7 Å². The van der Waals surface area contributed by atoms with Crippen molar-refractivity contribution in [3.63, 3.8) is 0 Å². The predicted molar refractivity (Wildman–Crippen MR) is 62.8 cm³/mol.